The average molecular weight is 248 g/mol. The van der Waals surface area contributed by atoms with Gasteiger partial charge in [-0.3, -0.25) is 4.79 Å². The van der Waals surface area contributed by atoms with Crippen LogP contribution < -0.4 is 5.73 Å². The van der Waals surface area contributed by atoms with Crippen molar-refractivity contribution in [3.63, 3.8) is 0 Å². The van der Waals surface area contributed by atoms with Crippen molar-refractivity contribution in [3.05, 3.63) is 21.3 Å². The van der Waals surface area contributed by atoms with Gasteiger partial charge >= 0.3 is 5.97 Å². The van der Waals surface area contributed by atoms with Crippen LogP contribution in [0.15, 0.2) is 12.1 Å². The highest BCUT2D eigenvalue weighted by Gasteiger charge is 2.31. The van der Waals surface area contributed by atoms with Crippen molar-refractivity contribution in [2.24, 2.45) is 11.1 Å². The van der Waals surface area contributed by atoms with E-state index in [9.17, 15) is 4.79 Å². The molecule has 0 aromatic carbocycles. The lowest BCUT2D eigenvalue weighted by molar-refractivity contribution is -0.139. The second-order valence-electron chi connectivity index (χ2n) is 4.18. The third-order valence-electron chi connectivity index (χ3n) is 2.35. The molecule has 0 aliphatic carbocycles. The lowest BCUT2D eigenvalue weighted by atomic mass is 9.81. The van der Waals surface area contributed by atoms with Gasteiger partial charge in [-0.05, 0) is 17.5 Å². The predicted octanol–water partition coefficient (Wildman–Crippen LogP) is 2.90. The minimum absolute atomic E-state index is 0.0453. The summed E-state index contributed by atoms with van der Waals surface area (Å²) in [6.45, 7) is 3.69. The molecule has 84 valence electrons. The first-order valence-corrected chi connectivity index (χ1v) is 5.75. The van der Waals surface area contributed by atoms with Crippen LogP contribution in [0.25, 0.3) is 0 Å². The van der Waals surface area contributed by atoms with Crippen LogP contribution in [0.5, 0.6) is 0 Å². The highest BCUT2D eigenvalue weighted by Crippen LogP contribution is 2.38. The molecule has 1 aromatic rings. The first-order valence-electron chi connectivity index (χ1n) is 4.55. The first-order chi connectivity index (χ1) is 6.83. The van der Waals surface area contributed by atoms with E-state index in [4.69, 9.17) is 22.4 Å². The van der Waals surface area contributed by atoms with E-state index >= 15 is 0 Å². The van der Waals surface area contributed by atoms with E-state index in [1.165, 1.54) is 11.3 Å². The lowest BCUT2D eigenvalue weighted by Gasteiger charge is -2.29. The van der Waals surface area contributed by atoms with Crippen molar-refractivity contribution in [3.8, 4) is 0 Å². The molecule has 1 atom stereocenters. The van der Waals surface area contributed by atoms with Gasteiger partial charge in [-0.25, -0.2) is 0 Å². The molecule has 5 heteroatoms. The Hall–Kier alpha value is -0.580. The molecule has 0 bridgehead atoms. The number of hydrogen-bond acceptors (Lipinski definition) is 3. The Bertz CT molecular complexity index is 362. The van der Waals surface area contributed by atoms with E-state index in [0.717, 1.165) is 4.88 Å². The number of thiophene rings is 1. The Kier molecular flexibility index (Phi) is 3.76. The summed E-state index contributed by atoms with van der Waals surface area (Å²) in [5.74, 6) is -0.835. The van der Waals surface area contributed by atoms with Crippen LogP contribution in [0.2, 0.25) is 4.34 Å². The van der Waals surface area contributed by atoms with E-state index in [1.807, 2.05) is 19.9 Å². The summed E-state index contributed by atoms with van der Waals surface area (Å²) < 4.78 is 0.673. The normalized spacial score (nSPS) is 13.9. The van der Waals surface area contributed by atoms with Gasteiger partial charge in [-0.15, -0.1) is 11.3 Å². The summed E-state index contributed by atoms with van der Waals surface area (Å²) >= 11 is 7.20. The molecule has 0 amide bonds. The Morgan fingerprint density at radius 1 is 1.67 bits per heavy atom. The highest BCUT2D eigenvalue weighted by atomic mass is 35.5. The van der Waals surface area contributed by atoms with Crippen molar-refractivity contribution in [2.45, 2.75) is 26.3 Å². The number of nitrogens with two attached hydrogens (primary N) is 1. The van der Waals surface area contributed by atoms with E-state index in [2.05, 4.69) is 0 Å². The molecule has 0 aliphatic heterocycles. The fourth-order valence-electron chi connectivity index (χ4n) is 1.38. The van der Waals surface area contributed by atoms with E-state index in [1.54, 1.807) is 6.07 Å². The van der Waals surface area contributed by atoms with Crippen molar-refractivity contribution in [1.29, 1.82) is 0 Å². The maximum atomic E-state index is 10.7. The van der Waals surface area contributed by atoms with Crippen molar-refractivity contribution >= 4 is 28.9 Å². The van der Waals surface area contributed by atoms with Crippen LogP contribution in [-0.4, -0.2) is 11.1 Å². The first kappa shape index (κ1) is 12.5. The number of carboxylic acid groups (broad SMARTS) is 1. The molecule has 1 rings (SSSR count). The highest BCUT2D eigenvalue weighted by molar-refractivity contribution is 7.16. The van der Waals surface area contributed by atoms with E-state index in [-0.39, 0.29) is 12.5 Å². The van der Waals surface area contributed by atoms with E-state index < -0.39 is 11.4 Å². The van der Waals surface area contributed by atoms with Gasteiger partial charge in [0.25, 0.3) is 0 Å². The molecule has 0 saturated heterocycles. The summed E-state index contributed by atoms with van der Waals surface area (Å²) in [5, 5.41) is 8.77. The fourth-order valence-corrected chi connectivity index (χ4v) is 2.65. The molecule has 0 aliphatic rings. The van der Waals surface area contributed by atoms with Crippen molar-refractivity contribution in [2.75, 3.05) is 0 Å². The minimum Gasteiger partial charge on any atom is -0.481 e. The van der Waals surface area contributed by atoms with Crippen LogP contribution in [0.3, 0.4) is 0 Å². The summed E-state index contributed by atoms with van der Waals surface area (Å²) in [6, 6.07) is 3.32. The topological polar surface area (TPSA) is 63.3 Å². The molecule has 1 unspecified atom stereocenters. The number of halogens is 1. The van der Waals surface area contributed by atoms with Gasteiger partial charge in [-0.1, -0.05) is 25.4 Å². The molecule has 3 N–H and O–H groups in total. The summed E-state index contributed by atoms with van der Waals surface area (Å²) in [6.07, 6.45) is 0.0453. The Morgan fingerprint density at radius 3 is 2.67 bits per heavy atom. The molecule has 15 heavy (non-hydrogen) atoms. The smallest absolute Gasteiger partial charge is 0.303 e. The summed E-state index contributed by atoms with van der Waals surface area (Å²) in [4.78, 5) is 11.6. The molecule has 0 saturated carbocycles. The van der Waals surface area contributed by atoms with Crippen LogP contribution in [0.1, 0.15) is 31.2 Å². The number of rotatable bonds is 4. The van der Waals surface area contributed by atoms with E-state index in [0.29, 0.717) is 4.34 Å². The zero-order valence-corrected chi connectivity index (χ0v) is 10.2. The van der Waals surface area contributed by atoms with Crippen molar-refractivity contribution in [1.82, 2.24) is 0 Å². The largest absolute Gasteiger partial charge is 0.481 e. The van der Waals surface area contributed by atoms with Crippen LogP contribution in [-0.2, 0) is 4.79 Å². The molecule has 0 spiro atoms. The second kappa shape index (κ2) is 4.51. The average Bonchev–Trinajstić information content (AvgIpc) is 2.48. The quantitative estimate of drug-likeness (QED) is 0.860. The van der Waals surface area contributed by atoms with Crippen LogP contribution >= 0.6 is 22.9 Å². The second-order valence-corrected chi connectivity index (χ2v) is 5.93. The molecule has 3 nitrogen and oxygen atoms in total. The SMILES string of the molecule is CC(C)(CC(=O)O)C(N)c1ccc(Cl)s1. The van der Waals surface area contributed by atoms with Gasteiger partial charge in [-0.2, -0.15) is 0 Å². The molecular formula is C10H14ClNO2S. The van der Waals surface area contributed by atoms with Crippen molar-refractivity contribution < 1.29 is 9.90 Å². The van der Waals surface area contributed by atoms with Crippen LogP contribution in [0, 0.1) is 5.41 Å². The maximum absolute atomic E-state index is 10.7. The molecule has 1 heterocycles. The van der Waals surface area contributed by atoms with Gasteiger partial charge in [0.1, 0.15) is 0 Å². The maximum Gasteiger partial charge on any atom is 0.303 e. The molecule has 0 radical (unpaired) electrons. The van der Waals surface area contributed by atoms with Crippen LogP contribution in [0.4, 0.5) is 0 Å². The Labute approximate surface area is 97.9 Å². The zero-order valence-electron chi connectivity index (χ0n) is 8.66. The zero-order chi connectivity index (χ0) is 11.6. The number of hydrogen-bond donors (Lipinski definition) is 2. The monoisotopic (exact) mass is 247 g/mol. The van der Waals surface area contributed by atoms with Gasteiger partial charge < -0.3 is 10.8 Å². The van der Waals surface area contributed by atoms with Gasteiger partial charge in [0.15, 0.2) is 0 Å². The number of aliphatic carboxylic acids is 1. The molecule has 1 aromatic heterocycles. The standard InChI is InChI=1S/C10H14ClNO2S/c1-10(2,5-8(13)14)9(12)6-3-4-7(11)15-6/h3-4,9H,5,12H2,1-2H3,(H,13,14). The summed E-state index contributed by atoms with van der Waals surface area (Å²) in [5.41, 5.74) is 5.55. The van der Waals surface area contributed by atoms with Gasteiger partial charge in [0.05, 0.1) is 10.8 Å². The summed E-state index contributed by atoms with van der Waals surface area (Å²) in [7, 11) is 0. The Morgan fingerprint density at radius 2 is 2.27 bits per heavy atom. The lowest BCUT2D eigenvalue weighted by Crippen LogP contribution is -2.30. The fraction of sp³-hybridized carbons (Fsp3) is 0.500. The Balaban J connectivity index is 2.83. The molecular weight excluding hydrogens is 234 g/mol. The third kappa shape index (κ3) is 3.19. The minimum atomic E-state index is -0.835. The number of carboxylic acids is 1. The predicted molar refractivity (Wildman–Crippen MR) is 62.3 cm³/mol. The van der Waals surface area contributed by atoms with Gasteiger partial charge in [0, 0.05) is 10.9 Å². The number of carbonyl (C=O) groups is 1. The third-order valence-corrected chi connectivity index (χ3v) is 3.66. The molecule has 0 fully saturated rings. The van der Waals surface area contributed by atoms with Gasteiger partial charge in [0.2, 0.25) is 0 Å².